The Hall–Kier alpha value is -2.00. The van der Waals surface area contributed by atoms with Gasteiger partial charge in [-0.1, -0.05) is 12.1 Å². The van der Waals surface area contributed by atoms with Gasteiger partial charge in [-0.3, -0.25) is 14.9 Å². The number of aryl methyl sites for hydroxylation is 1. The zero-order chi connectivity index (χ0) is 17.3. The minimum Gasteiger partial charge on any atom is -0.481 e. The van der Waals surface area contributed by atoms with Crippen LogP contribution in [0, 0.1) is 15.5 Å². The lowest BCUT2D eigenvalue weighted by molar-refractivity contribution is -0.384. The lowest BCUT2D eigenvalue weighted by Crippen LogP contribution is -2.36. The molecule has 1 aromatic carbocycles. The number of nitro benzene ring substituents is 1. The average Bonchev–Trinajstić information content (AvgIpc) is 2.90. The fourth-order valence-electron chi connectivity index (χ4n) is 2.49. The van der Waals surface area contributed by atoms with Crippen molar-refractivity contribution in [3.05, 3.63) is 39.9 Å². The first-order valence-electron chi connectivity index (χ1n) is 7.09. The molecule has 0 aromatic heterocycles. The Kier molecular flexibility index (Phi) is 4.71. The maximum absolute atomic E-state index is 12.3. The molecule has 1 saturated heterocycles. The molecule has 1 heterocycles. The Labute approximate surface area is 133 Å². The molecule has 1 aromatic rings. The average molecular weight is 342 g/mol. The van der Waals surface area contributed by atoms with Gasteiger partial charge in [0.05, 0.1) is 16.1 Å². The van der Waals surface area contributed by atoms with Crippen molar-refractivity contribution < 1.29 is 23.2 Å². The number of rotatable bonds is 6. The summed E-state index contributed by atoms with van der Waals surface area (Å²) in [6.07, 6.45) is 0.514. The van der Waals surface area contributed by atoms with Crippen LogP contribution in [0.1, 0.15) is 18.9 Å². The molecule has 0 bridgehead atoms. The summed E-state index contributed by atoms with van der Waals surface area (Å²) in [6, 6.07) is 5.72. The quantitative estimate of drug-likeness (QED) is 0.614. The molecule has 0 spiro atoms. The van der Waals surface area contributed by atoms with E-state index in [0.717, 1.165) is 0 Å². The number of aliphatic carboxylic acids is 1. The molecule has 1 fully saturated rings. The normalized spacial score (nSPS) is 22.1. The van der Waals surface area contributed by atoms with E-state index in [1.807, 2.05) is 0 Å². The van der Waals surface area contributed by atoms with E-state index in [2.05, 4.69) is 0 Å². The summed E-state index contributed by atoms with van der Waals surface area (Å²) >= 11 is 0. The van der Waals surface area contributed by atoms with Crippen LogP contribution < -0.4 is 0 Å². The number of carbonyl (C=O) groups is 1. The highest BCUT2D eigenvalue weighted by molar-refractivity contribution is 7.89. The number of hydrogen-bond donors (Lipinski definition) is 1. The van der Waals surface area contributed by atoms with Gasteiger partial charge in [0, 0.05) is 25.2 Å². The number of non-ortho nitro benzene ring substituents is 1. The van der Waals surface area contributed by atoms with Gasteiger partial charge in [0.1, 0.15) is 0 Å². The zero-order valence-electron chi connectivity index (χ0n) is 12.6. The Bertz CT molecular complexity index is 715. The van der Waals surface area contributed by atoms with Gasteiger partial charge in [-0.05, 0) is 25.3 Å². The predicted octanol–water partition coefficient (Wildman–Crippen LogP) is 1.26. The van der Waals surface area contributed by atoms with E-state index < -0.39 is 26.3 Å². The highest BCUT2D eigenvalue weighted by atomic mass is 32.2. The van der Waals surface area contributed by atoms with Gasteiger partial charge >= 0.3 is 5.97 Å². The van der Waals surface area contributed by atoms with Crippen LogP contribution >= 0.6 is 0 Å². The fourth-order valence-corrected chi connectivity index (χ4v) is 4.09. The third kappa shape index (κ3) is 3.85. The maximum atomic E-state index is 12.3. The van der Waals surface area contributed by atoms with Crippen LogP contribution in [0.15, 0.2) is 24.3 Å². The number of carboxylic acids is 1. The van der Waals surface area contributed by atoms with Gasteiger partial charge in [-0.2, -0.15) is 0 Å². The van der Waals surface area contributed by atoms with Crippen LogP contribution in [-0.4, -0.2) is 47.6 Å². The van der Waals surface area contributed by atoms with E-state index in [-0.39, 0.29) is 31.0 Å². The summed E-state index contributed by atoms with van der Waals surface area (Å²) in [5, 5.41) is 19.7. The molecule has 1 N–H and O–H groups in total. The summed E-state index contributed by atoms with van der Waals surface area (Å²) in [7, 11) is -3.55. The van der Waals surface area contributed by atoms with Crippen LogP contribution in [-0.2, 0) is 21.2 Å². The first-order valence-corrected chi connectivity index (χ1v) is 8.69. The minimum absolute atomic E-state index is 0.0229. The number of carboxylic acid groups (broad SMARTS) is 1. The largest absolute Gasteiger partial charge is 0.481 e. The summed E-state index contributed by atoms with van der Waals surface area (Å²) in [5.74, 6) is -1.15. The van der Waals surface area contributed by atoms with E-state index in [1.165, 1.54) is 28.6 Å². The molecule has 0 amide bonds. The minimum atomic E-state index is -3.55. The smallest absolute Gasteiger partial charge is 0.310 e. The third-order valence-corrected chi connectivity index (χ3v) is 5.96. The van der Waals surface area contributed by atoms with Crippen molar-refractivity contribution >= 4 is 21.7 Å². The molecular formula is C14H18N2O6S. The summed E-state index contributed by atoms with van der Waals surface area (Å²) in [4.78, 5) is 21.2. The van der Waals surface area contributed by atoms with Crippen molar-refractivity contribution in [1.29, 1.82) is 0 Å². The highest BCUT2D eigenvalue weighted by Crippen LogP contribution is 2.32. The Morgan fingerprint density at radius 3 is 2.48 bits per heavy atom. The lowest BCUT2D eigenvalue weighted by atomic mass is 9.90. The zero-order valence-corrected chi connectivity index (χ0v) is 13.5. The first kappa shape index (κ1) is 17.4. The molecule has 2 rings (SSSR count). The van der Waals surface area contributed by atoms with Crippen LogP contribution in [0.4, 0.5) is 5.69 Å². The van der Waals surface area contributed by atoms with Gasteiger partial charge < -0.3 is 5.11 Å². The number of sulfonamides is 1. The van der Waals surface area contributed by atoms with E-state index in [9.17, 15) is 23.3 Å². The molecule has 8 nitrogen and oxygen atoms in total. The second kappa shape index (κ2) is 6.25. The predicted molar refractivity (Wildman–Crippen MR) is 82.5 cm³/mol. The molecule has 9 heteroatoms. The Balaban J connectivity index is 1.99. The highest BCUT2D eigenvalue weighted by Gasteiger charge is 2.44. The number of nitro groups is 1. The van der Waals surface area contributed by atoms with Crippen molar-refractivity contribution in [3.63, 3.8) is 0 Å². The van der Waals surface area contributed by atoms with Crippen LogP contribution in [0.5, 0.6) is 0 Å². The maximum Gasteiger partial charge on any atom is 0.310 e. The van der Waals surface area contributed by atoms with Gasteiger partial charge in [0.25, 0.3) is 5.69 Å². The third-order valence-electron chi connectivity index (χ3n) is 4.14. The lowest BCUT2D eigenvalue weighted by Gasteiger charge is -2.20. The molecule has 23 heavy (non-hydrogen) atoms. The molecule has 0 radical (unpaired) electrons. The van der Waals surface area contributed by atoms with E-state index in [1.54, 1.807) is 6.92 Å². The summed E-state index contributed by atoms with van der Waals surface area (Å²) in [5.41, 5.74) is -0.409. The van der Waals surface area contributed by atoms with Crippen molar-refractivity contribution in [3.8, 4) is 0 Å². The standard InChI is InChI=1S/C14H18N2O6S/c1-14(13(17)18)7-8-15(10-14)23(21,22)9-6-11-2-4-12(5-3-11)16(19)20/h2-5H,6-10H2,1H3,(H,17,18). The van der Waals surface area contributed by atoms with Gasteiger partial charge in [0.2, 0.25) is 10.0 Å². The molecule has 1 aliphatic heterocycles. The second-order valence-electron chi connectivity index (χ2n) is 5.94. The summed E-state index contributed by atoms with van der Waals surface area (Å²) in [6.45, 7) is 1.72. The fraction of sp³-hybridized carbons (Fsp3) is 0.500. The van der Waals surface area contributed by atoms with Crippen molar-refractivity contribution in [2.24, 2.45) is 5.41 Å². The molecule has 1 aliphatic rings. The molecular weight excluding hydrogens is 324 g/mol. The van der Waals surface area contributed by atoms with Gasteiger partial charge in [-0.25, -0.2) is 12.7 Å². The molecule has 126 valence electrons. The second-order valence-corrected chi connectivity index (χ2v) is 8.03. The Morgan fingerprint density at radius 1 is 1.39 bits per heavy atom. The van der Waals surface area contributed by atoms with Gasteiger partial charge in [-0.15, -0.1) is 0 Å². The number of hydrogen-bond acceptors (Lipinski definition) is 5. The first-order chi connectivity index (χ1) is 10.6. The van der Waals surface area contributed by atoms with E-state index in [0.29, 0.717) is 12.0 Å². The molecule has 0 aliphatic carbocycles. The van der Waals surface area contributed by atoms with E-state index >= 15 is 0 Å². The van der Waals surface area contributed by atoms with Crippen LogP contribution in [0.3, 0.4) is 0 Å². The van der Waals surface area contributed by atoms with Crippen LogP contribution in [0.25, 0.3) is 0 Å². The van der Waals surface area contributed by atoms with Crippen molar-refractivity contribution in [2.75, 3.05) is 18.8 Å². The van der Waals surface area contributed by atoms with Crippen molar-refractivity contribution in [1.82, 2.24) is 4.31 Å². The number of nitrogens with zero attached hydrogens (tertiary/aromatic N) is 2. The monoisotopic (exact) mass is 342 g/mol. The molecule has 1 unspecified atom stereocenters. The SMILES string of the molecule is CC1(C(=O)O)CCN(S(=O)(=O)CCc2ccc([N+](=O)[O-])cc2)C1. The van der Waals surface area contributed by atoms with Crippen molar-refractivity contribution in [2.45, 2.75) is 19.8 Å². The van der Waals surface area contributed by atoms with Crippen LogP contribution in [0.2, 0.25) is 0 Å². The number of benzene rings is 1. The topological polar surface area (TPSA) is 118 Å². The summed E-state index contributed by atoms with van der Waals surface area (Å²) < 4.78 is 25.8. The van der Waals surface area contributed by atoms with E-state index in [4.69, 9.17) is 5.11 Å². The Morgan fingerprint density at radius 2 is 2.00 bits per heavy atom. The molecule has 1 atom stereocenters. The van der Waals surface area contributed by atoms with Gasteiger partial charge in [0.15, 0.2) is 0 Å². The molecule has 0 saturated carbocycles.